The number of ether oxygens (including phenoxy) is 1. The van der Waals surface area contributed by atoms with Gasteiger partial charge in [0.2, 0.25) is 5.13 Å². The number of benzene rings is 1. The van der Waals surface area contributed by atoms with E-state index in [0.29, 0.717) is 31.3 Å². The van der Waals surface area contributed by atoms with E-state index >= 15 is 0 Å². The van der Waals surface area contributed by atoms with Crippen LogP contribution in [-0.4, -0.2) is 33.7 Å². The van der Waals surface area contributed by atoms with Crippen LogP contribution in [0, 0.1) is 6.92 Å². The number of amidine groups is 1. The minimum Gasteiger partial charge on any atom is -0.507 e. The number of phenolic OH excluding ortho intramolecular Hbond substituents is 1. The van der Waals surface area contributed by atoms with Crippen molar-refractivity contribution in [1.29, 1.82) is 0 Å². The Morgan fingerprint density at radius 3 is 2.92 bits per heavy atom. The number of carbonyl (C=O) groups excluding carboxylic acids is 2. The molecular weight excluding hydrogens is 374 g/mol. The molecule has 0 atom stereocenters. The molecule has 3 rings (SSSR count). The average Bonchev–Trinajstić information content (AvgIpc) is 3.12. The van der Waals surface area contributed by atoms with Gasteiger partial charge in [-0.05, 0) is 37.8 Å². The third-order valence-corrected chi connectivity index (χ3v) is 5.26. The van der Waals surface area contributed by atoms with Gasteiger partial charge in [0, 0.05) is 5.56 Å². The van der Waals surface area contributed by atoms with E-state index in [1.165, 1.54) is 0 Å². The second kappa shape index (κ2) is 7.71. The first-order chi connectivity index (χ1) is 12.5. The summed E-state index contributed by atoms with van der Waals surface area (Å²) >= 11 is 2.25. The number of aromatic nitrogens is 1. The third-order valence-electron chi connectivity index (χ3n) is 3.32. The van der Waals surface area contributed by atoms with Crippen LogP contribution in [0.2, 0.25) is 0 Å². The molecule has 9 heteroatoms. The highest BCUT2D eigenvalue weighted by Gasteiger charge is 2.25. The molecule has 1 amide bonds. The summed E-state index contributed by atoms with van der Waals surface area (Å²) in [7, 11) is 0. The van der Waals surface area contributed by atoms with Crippen LogP contribution in [0.25, 0.3) is 6.08 Å². The lowest BCUT2D eigenvalue weighted by Gasteiger charge is -1.98. The third kappa shape index (κ3) is 3.94. The van der Waals surface area contributed by atoms with E-state index in [1.807, 2.05) is 0 Å². The lowest BCUT2D eigenvalue weighted by Crippen LogP contribution is -2.19. The Bertz CT molecular complexity index is 934. The van der Waals surface area contributed by atoms with Crippen molar-refractivity contribution in [3.63, 3.8) is 0 Å². The maximum Gasteiger partial charge on any atom is 0.350 e. The Morgan fingerprint density at radius 1 is 1.42 bits per heavy atom. The molecule has 0 spiro atoms. The van der Waals surface area contributed by atoms with E-state index in [0.717, 1.165) is 23.1 Å². The van der Waals surface area contributed by atoms with Crippen LogP contribution in [0.15, 0.2) is 34.2 Å². The number of thiazole rings is 1. The highest BCUT2D eigenvalue weighted by molar-refractivity contribution is 8.18. The number of aryl methyl sites for hydroxylation is 1. The maximum atomic E-state index is 12.1. The highest BCUT2D eigenvalue weighted by Crippen LogP contribution is 2.32. The predicted molar refractivity (Wildman–Crippen MR) is 102 cm³/mol. The number of rotatable bonds is 4. The van der Waals surface area contributed by atoms with E-state index < -0.39 is 5.97 Å². The molecular formula is C17H15N3O4S2. The van der Waals surface area contributed by atoms with Gasteiger partial charge in [0.25, 0.3) is 5.91 Å². The SMILES string of the molecule is CCOC(=O)c1sc(N=C2NC(=O)/C(=C/c3ccccc3O)S2)nc1C. The first-order valence-electron chi connectivity index (χ1n) is 7.70. The number of aliphatic imine (C=N–C) groups is 1. The summed E-state index contributed by atoms with van der Waals surface area (Å²) in [6.07, 6.45) is 1.59. The van der Waals surface area contributed by atoms with Crippen LogP contribution in [-0.2, 0) is 9.53 Å². The number of nitrogens with one attached hydrogen (secondary N) is 1. The smallest absolute Gasteiger partial charge is 0.350 e. The summed E-state index contributed by atoms with van der Waals surface area (Å²) in [6.45, 7) is 3.72. The molecule has 1 aliphatic rings. The van der Waals surface area contributed by atoms with Crippen molar-refractivity contribution in [2.45, 2.75) is 13.8 Å². The lowest BCUT2D eigenvalue weighted by molar-refractivity contribution is -0.115. The highest BCUT2D eigenvalue weighted by atomic mass is 32.2. The normalized spacial score (nSPS) is 16.9. The molecule has 1 fully saturated rings. The van der Waals surface area contributed by atoms with E-state index in [9.17, 15) is 14.7 Å². The molecule has 1 aromatic carbocycles. The number of carbonyl (C=O) groups is 2. The van der Waals surface area contributed by atoms with Crippen molar-refractivity contribution in [2.75, 3.05) is 6.61 Å². The zero-order valence-electron chi connectivity index (χ0n) is 14.0. The number of nitrogens with zero attached hydrogens (tertiary/aromatic N) is 2. The Kier molecular flexibility index (Phi) is 5.38. The van der Waals surface area contributed by atoms with Gasteiger partial charge < -0.3 is 15.2 Å². The lowest BCUT2D eigenvalue weighted by atomic mass is 10.2. The Morgan fingerprint density at radius 2 is 2.19 bits per heavy atom. The number of hydrogen-bond acceptors (Lipinski definition) is 8. The molecule has 7 nitrogen and oxygen atoms in total. The standard InChI is InChI=1S/C17H15N3O4S2/c1-3-24-15(23)13-9(2)18-16(26-13)20-17-19-14(22)12(25-17)8-10-6-4-5-7-11(10)21/h4-8,21H,3H2,1-2H3,(H,18,19,20,22)/b12-8-. The Labute approximate surface area is 157 Å². The number of hydrogen-bond donors (Lipinski definition) is 2. The maximum absolute atomic E-state index is 12.1. The van der Waals surface area contributed by atoms with Crippen LogP contribution < -0.4 is 5.32 Å². The molecule has 0 radical (unpaired) electrons. The number of amides is 1. The molecule has 2 N–H and O–H groups in total. The van der Waals surface area contributed by atoms with Gasteiger partial charge in [0.15, 0.2) is 5.17 Å². The number of esters is 1. The van der Waals surface area contributed by atoms with Crippen molar-refractivity contribution in [3.8, 4) is 5.75 Å². The summed E-state index contributed by atoms with van der Waals surface area (Å²) in [5.41, 5.74) is 1.08. The van der Waals surface area contributed by atoms with Crippen LogP contribution in [0.4, 0.5) is 5.13 Å². The fourth-order valence-corrected chi connectivity index (χ4v) is 3.84. The van der Waals surface area contributed by atoms with E-state index in [-0.39, 0.29) is 18.3 Å². The van der Waals surface area contributed by atoms with Gasteiger partial charge in [0.05, 0.1) is 17.2 Å². The minimum absolute atomic E-state index is 0.0911. The number of phenols is 1. The van der Waals surface area contributed by atoms with Gasteiger partial charge in [-0.25, -0.2) is 9.78 Å². The molecule has 0 aliphatic carbocycles. The summed E-state index contributed by atoms with van der Waals surface area (Å²) < 4.78 is 4.98. The first kappa shape index (κ1) is 18.2. The van der Waals surface area contributed by atoms with Crippen molar-refractivity contribution < 1.29 is 19.4 Å². The summed E-state index contributed by atoms with van der Waals surface area (Å²) in [5, 5.41) is 13.2. The van der Waals surface area contributed by atoms with Gasteiger partial charge in [0.1, 0.15) is 10.6 Å². The van der Waals surface area contributed by atoms with Crippen LogP contribution in [0.5, 0.6) is 5.75 Å². The van der Waals surface area contributed by atoms with Crippen molar-refractivity contribution in [3.05, 3.63) is 45.3 Å². The fourth-order valence-electron chi connectivity index (χ4n) is 2.13. The second-order valence-corrected chi connectivity index (χ2v) is 7.18. The molecule has 0 bridgehead atoms. The molecule has 1 saturated heterocycles. The molecule has 26 heavy (non-hydrogen) atoms. The molecule has 2 aromatic rings. The quantitative estimate of drug-likeness (QED) is 0.615. The predicted octanol–water partition coefficient (Wildman–Crippen LogP) is 3.23. The van der Waals surface area contributed by atoms with E-state index in [4.69, 9.17) is 4.74 Å². The number of thioether (sulfide) groups is 1. The second-order valence-electron chi connectivity index (χ2n) is 5.17. The zero-order valence-corrected chi connectivity index (χ0v) is 15.6. The average molecular weight is 389 g/mol. The molecule has 0 saturated carbocycles. The van der Waals surface area contributed by atoms with Crippen molar-refractivity contribution in [2.24, 2.45) is 4.99 Å². The van der Waals surface area contributed by atoms with Gasteiger partial charge in [-0.15, -0.1) is 0 Å². The Balaban J connectivity index is 1.82. The zero-order chi connectivity index (χ0) is 18.7. The van der Waals surface area contributed by atoms with Crippen molar-refractivity contribution >= 4 is 51.4 Å². The monoisotopic (exact) mass is 389 g/mol. The van der Waals surface area contributed by atoms with Gasteiger partial charge >= 0.3 is 5.97 Å². The van der Waals surface area contributed by atoms with E-state index in [2.05, 4.69) is 15.3 Å². The fraction of sp³-hybridized carbons (Fsp3) is 0.176. The van der Waals surface area contributed by atoms with Gasteiger partial charge in [-0.1, -0.05) is 29.5 Å². The van der Waals surface area contributed by atoms with Gasteiger partial charge in [-0.3, -0.25) is 4.79 Å². The van der Waals surface area contributed by atoms with Crippen LogP contribution >= 0.6 is 23.1 Å². The molecule has 1 aromatic heterocycles. The topological polar surface area (TPSA) is 101 Å². The number of aromatic hydroxyl groups is 1. The molecule has 134 valence electrons. The first-order valence-corrected chi connectivity index (χ1v) is 9.33. The minimum atomic E-state index is -0.433. The van der Waals surface area contributed by atoms with Crippen LogP contribution in [0.1, 0.15) is 27.9 Å². The summed E-state index contributed by atoms with van der Waals surface area (Å²) in [5.74, 6) is -0.651. The van der Waals surface area contributed by atoms with E-state index in [1.54, 1.807) is 44.2 Å². The molecule has 1 aliphatic heterocycles. The largest absolute Gasteiger partial charge is 0.507 e. The number of para-hydroxylation sites is 1. The summed E-state index contributed by atoms with van der Waals surface area (Å²) in [4.78, 5) is 33.3. The molecule has 2 heterocycles. The van der Waals surface area contributed by atoms with Gasteiger partial charge in [-0.2, -0.15) is 4.99 Å². The molecule has 0 unspecified atom stereocenters. The van der Waals surface area contributed by atoms with Crippen LogP contribution in [0.3, 0.4) is 0 Å². The van der Waals surface area contributed by atoms with Crippen molar-refractivity contribution in [1.82, 2.24) is 10.3 Å². The Hall–Kier alpha value is -2.65. The summed E-state index contributed by atoms with van der Waals surface area (Å²) in [6, 6.07) is 6.74.